The molecule has 1 heterocycles. The first-order valence-corrected chi connectivity index (χ1v) is 9.90. The van der Waals surface area contributed by atoms with Gasteiger partial charge >= 0.3 is 0 Å². The summed E-state index contributed by atoms with van der Waals surface area (Å²) in [6, 6.07) is 8.14. The van der Waals surface area contributed by atoms with Crippen LogP contribution in [0.2, 0.25) is 0 Å². The van der Waals surface area contributed by atoms with Crippen molar-refractivity contribution in [2.24, 2.45) is 0 Å². The van der Waals surface area contributed by atoms with Crippen LogP contribution in [0.15, 0.2) is 24.3 Å². The highest BCUT2D eigenvalue weighted by molar-refractivity contribution is 7.92. The molecule has 1 aliphatic rings. The van der Waals surface area contributed by atoms with Crippen molar-refractivity contribution in [1.29, 1.82) is 0 Å². The molecule has 0 bridgehead atoms. The van der Waals surface area contributed by atoms with Crippen LogP contribution in [-0.2, 0) is 14.6 Å². The van der Waals surface area contributed by atoms with Gasteiger partial charge in [0.15, 0.2) is 14.6 Å². The number of piperidine rings is 1. The quantitative estimate of drug-likeness (QED) is 0.824. The van der Waals surface area contributed by atoms with Gasteiger partial charge in [0.1, 0.15) is 0 Å². The van der Waals surface area contributed by atoms with Gasteiger partial charge in [0.2, 0.25) is 5.91 Å². The Morgan fingerprint density at radius 3 is 2.50 bits per heavy atom. The summed E-state index contributed by atoms with van der Waals surface area (Å²) in [5.74, 6) is -0.224. The van der Waals surface area contributed by atoms with Gasteiger partial charge in [-0.05, 0) is 44.3 Å². The fourth-order valence-electron chi connectivity index (χ4n) is 3.10. The van der Waals surface area contributed by atoms with E-state index in [9.17, 15) is 13.2 Å². The smallest absolute Gasteiger partial charge is 0.241 e. The summed E-state index contributed by atoms with van der Waals surface area (Å²) in [4.78, 5) is 12.7. The van der Waals surface area contributed by atoms with Crippen molar-refractivity contribution in [2.75, 3.05) is 25.9 Å². The molecule has 1 amide bonds. The van der Waals surface area contributed by atoms with Gasteiger partial charge in [0.05, 0.1) is 0 Å². The Morgan fingerprint density at radius 2 is 1.96 bits per heavy atom. The summed E-state index contributed by atoms with van der Waals surface area (Å²) in [6.07, 6.45) is 1.83. The van der Waals surface area contributed by atoms with Crippen LogP contribution in [-0.4, -0.2) is 45.0 Å². The van der Waals surface area contributed by atoms with Crippen LogP contribution in [0.25, 0.3) is 0 Å². The third-order valence-corrected chi connectivity index (χ3v) is 6.73. The SMILES string of the molecule is Cc1cccc(C(C)CNC(=O)C2(S(C)(=O)=O)CCNCC2)c1.Cl. The number of hydrogen-bond acceptors (Lipinski definition) is 4. The Labute approximate surface area is 150 Å². The molecule has 1 atom stereocenters. The van der Waals surface area contributed by atoms with Crippen LogP contribution in [0.3, 0.4) is 0 Å². The molecular formula is C17H27ClN2O3S. The second-order valence-corrected chi connectivity index (χ2v) is 8.87. The summed E-state index contributed by atoms with van der Waals surface area (Å²) < 4.78 is 23.2. The van der Waals surface area contributed by atoms with Crippen LogP contribution in [0.4, 0.5) is 0 Å². The lowest BCUT2D eigenvalue weighted by Crippen LogP contribution is -2.57. The number of aryl methyl sites for hydroxylation is 1. The standard InChI is InChI=1S/C17H26N2O3S.ClH/c1-13-5-4-6-15(11-13)14(2)12-19-16(20)17(23(3,21)22)7-9-18-10-8-17;/h4-6,11,14,18H,7-10,12H2,1-3H3,(H,19,20);1H. The highest BCUT2D eigenvalue weighted by Crippen LogP contribution is 2.28. The maximum absolute atomic E-state index is 12.7. The van der Waals surface area contributed by atoms with E-state index < -0.39 is 14.6 Å². The van der Waals surface area contributed by atoms with Gasteiger partial charge in [-0.3, -0.25) is 4.79 Å². The van der Waals surface area contributed by atoms with Gasteiger partial charge in [-0.25, -0.2) is 8.42 Å². The monoisotopic (exact) mass is 374 g/mol. The second kappa shape index (κ2) is 8.32. The lowest BCUT2D eigenvalue weighted by molar-refractivity contribution is -0.124. The van der Waals surface area contributed by atoms with Crippen molar-refractivity contribution in [3.8, 4) is 0 Å². The highest BCUT2D eigenvalue weighted by Gasteiger charge is 2.48. The first kappa shape index (κ1) is 20.9. The number of nitrogens with one attached hydrogen (secondary N) is 2. The summed E-state index contributed by atoms with van der Waals surface area (Å²) >= 11 is 0. The maximum Gasteiger partial charge on any atom is 0.241 e. The van der Waals surface area contributed by atoms with Crippen LogP contribution < -0.4 is 10.6 Å². The molecule has 5 nitrogen and oxygen atoms in total. The average Bonchev–Trinajstić information content (AvgIpc) is 2.51. The van der Waals surface area contributed by atoms with Gasteiger partial charge in [0, 0.05) is 12.8 Å². The molecule has 2 rings (SSSR count). The van der Waals surface area contributed by atoms with E-state index in [0.717, 1.165) is 5.56 Å². The zero-order chi connectivity index (χ0) is 17.1. The minimum atomic E-state index is -3.46. The van der Waals surface area contributed by atoms with E-state index in [2.05, 4.69) is 16.7 Å². The number of carbonyl (C=O) groups is 1. The lowest BCUT2D eigenvalue weighted by atomic mass is 9.95. The van der Waals surface area contributed by atoms with Crippen molar-refractivity contribution in [2.45, 2.75) is 37.4 Å². The van der Waals surface area contributed by atoms with Crippen LogP contribution in [0.1, 0.15) is 36.8 Å². The summed E-state index contributed by atoms with van der Waals surface area (Å²) in [5, 5.41) is 5.99. The van der Waals surface area contributed by atoms with E-state index in [0.29, 0.717) is 32.5 Å². The molecule has 1 aliphatic heterocycles. The Bertz CT molecular complexity index is 670. The Balaban J connectivity index is 0.00000288. The zero-order valence-electron chi connectivity index (χ0n) is 14.5. The topological polar surface area (TPSA) is 75.3 Å². The summed E-state index contributed by atoms with van der Waals surface area (Å²) in [6.45, 7) is 5.60. The molecule has 0 spiro atoms. The molecule has 136 valence electrons. The summed E-state index contributed by atoms with van der Waals surface area (Å²) in [7, 11) is -3.46. The molecule has 7 heteroatoms. The number of halogens is 1. The van der Waals surface area contributed by atoms with E-state index in [-0.39, 0.29) is 24.2 Å². The minimum absolute atomic E-state index is 0. The minimum Gasteiger partial charge on any atom is -0.354 e. The van der Waals surface area contributed by atoms with E-state index in [1.165, 1.54) is 11.8 Å². The Morgan fingerprint density at radius 1 is 1.33 bits per heavy atom. The van der Waals surface area contributed by atoms with Gasteiger partial charge in [0.25, 0.3) is 0 Å². The number of carbonyl (C=O) groups excluding carboxylic acids is 1. The fourth-order valence-corrected chi connectivity index (χ4v) is 4.45. The van der Waals surface area contributed by atoms with Crippen molar-refractivity contribution < 1.29 is 13.2 Å². The normalized spacial score (nSPS) is 18.3. The molecule has 1 unspecified atom stereocenters. The van der Waals surface area contributed by atoms with Crippen molar-refractivity contribution >= 4 is 28.2 Å². The van der Waals surface area contributed by atoms with Gasteiger partial charge < -0.3 is 10.6 Å². The molecule has 0 radical (unpaired) electrons. The largest absolute Gasteiger partial charge is 0.354 e. The average molecular weight is 375 g/mol. The third kappa shape index (κ3) is 4.49. The maximum atomic E-state index is 12.7. The van der Waals surface area contributed by atoms with Crippen molar-refractivity contribution in [3.63, 3.8) is 0 Å². The molecule has 1 aromatic rings. The Kier molecular flexibility index (Phi) is 7.25. The molecule has 0 saturated carbocycles. The zero-order valence-corrected chi connectivity index (χ0v) is 16.1. The predicted octanol–water partition coefficient (Wildman–Crippen LogP) is 1.80. The fraction of sp³-hybridized carbons (Fsp3) is 0.588. The predicted molar refractivity (Wildman–Crippen MR) is 99.5 cm³/mol. The van der Waals surface area contributed by atoms with Gasteiger partial charge in [-0.2, -0.15) is 0 Å². The van der Waals surface area contributed by atoms with Crippen molar-refractivity contribution in [1.82, 2.24) is 10.6 Å². The second-order valence-electron chi connectivity index (χ2n) is 6.54. The van der Waals surface area contributed by atoms with Crippen molar-refractivity contribution in [3.05, 3.63) is 35.4 Å². The first-order chi connectivity index (χ1) is 10.8. The van der Waals surface area contributed by atoms with Crippen LogP contribution in [0.5, 0.6) is 0 Å². The molecule has 1 aromatic carbocycles. The van der Waals surface area contributed by atoms with Crippen LogP contribution >= 0.6 is 12.4 Å². The molecule has 1 saturated heterocycles. The molecule has 1 fully saturated rings. The summed E-state index contributed by atoms with van der Waals surface area (Å²) in [5.41, 5.74) is 2.32. The van der Waals surface area contributed by atoms with Gasteiger partial charge in [-0.15, -0.1) is 12.4 Å². The molecular weight excluding hydrogens is 348 g/mol. The lowest BCUT2D eigenvalue weighted by Gasteiger charge is -2.34. The number of hydrogen-bond donors (Lipinski definition) is 2. The molecule has 0 aromatic heterocycles. The number of sulfone groups is 1. The van der Waals surface area contributed by atoms with E-state index in [1.807, 2.05) is 32.0 Å². The number of amides is 1. The number of benzene rings is 1. The molecule has 24 heavy (non-hydrogen) atoms. The third-order valence-electron chi connectivity index (χ3n) is 4.71. The van der Waals surface area contributed by atoms with E-state index in [1.54, 1.807) is 0 Å². The van der Waals surface area contributed by atoms with E-state index in [4.69, 9.17) is 0 Å². The van der Waals surface area contributed by atoms with Gasteiger partial charge in [-0.1, -0.05) is 36.8 Å². The first-order valence-electron chi connectivity index (χ1n) is 8.01. The van der Waals surface area contributed by atoms with Crippen LogP contribution in [0, 0.1) is 6.92 Å². The highest BCUT2D eigenvalue weighted by atomic mass is 35.5. The Hall–Kier alpha value is -1.11. The molecule has 0 aliphatic carbocycles. The number of rotatable bonds is 5. The molecule has 2 N–H and O–H groups in total. The van der Waals surface area contributed by atoms with E-state index >= 15 is 0 Å².